The number of benzene rings is 1. The minimum Gasteiger partial charge on any atom is -0.497 e. The van der Waals surface area contributed by atoms with E-state index in [0.717, 1.165) is 6.54 Å². The number of hydrogen-bond donors (Lipinski definition) is 3. The van der Waals surface area contributed by atoms with Crippen molar-refractivity contribution in [1.29, 1.82) is 0 Å². The molecule has 0 aliphatic carbocycles. The number of methoxy groups -OCH3 is 3. The van der Waals surface area contributed by atoms with E-state index in [2.05, 4.69) is 15.6 Å². The summed E-state index contributed by atoms with van der Waals surface area (Å²) in [6.45, 7) is 4.13. The molecule has 0 aromatic heterocycles. The van der Waals surface area contributed by atoms with Crippen molar-refractivity contribution in [3.05, 3.63) is 23.8 Å². The highest BCUT2D eigenvalue weighted by Gasteiger charge is 2.14. The van der Waals surface area contributed by atoms with E-state index in [9.17, 15) is 5.11 Å². The van der Waals surface area contributed by atoms with Crippen LogP contribution < -0.4 is 20.1 Å². The zero-order valence-corrected chi connectivity index (χ0v) is 17.0. The number of aliphatic hydroxyl groups is 1. The van der Waals surface area contributed by atoms with Crippen LogP contribution in [0.3, 0.4) is 0 Å². The Hall–Kier alpha value is -1.26. The molecule has 0 aliphatic rings. The monoisotopic (exact) mass is 453 g/mol. The van der Waals surface area contributed by atoms with Crippen LogP contribution in [0.1, 0.15) is 18.6 Å². The van der Waals surface area contributed by atoms with E-state index in [1.165, 1.54) is 0 Å². The van der Waals surface area contributed by atoms with Crippen LogP contribution in [0, 0.1) is 0 Å². The molecule has 3 N–H and O–H groups in total. The van der Waals surface area contributed by atoms with Crippen LogP contribution in [-0.2, 0) is 4.74 Å². The van der Waals surface area contributed by atoms with Crippen LogP contribution >= 0.6 is 24.0 Å². The fourth-order valence-corrected chi connectivity index (χ4v) is 1.99. The van der Waals surface area contributed by atoms with Gasteiger partial charge in [0.05, 0.1) is 27.4 Å². The van der Waals surface area contributed by atoms with Gasteiger partial charge in [-0.05, 0) is 25.1 Å². The van der Waals surface area contributed by atoms with Gasteiger partial charge in [-0.2, -0.15) is 0 Å². The van der Waals surface area contributed by atoms with Crippen molar-refractivity contribution < 1.29 is 19.3 Å². The Labute approximate surface area is 160 Å². The molecule has 24 heavy (non-hydrogen) atoms. The molecule has 0 saturated carbocycles. The van der Waals surface area contributed by atoms with Crippen LogP contribution in [0.25, 0.3) is 0 Å². The Morgan fingerprint density at radius 1 is 1.21 bits per heavy atom. The lowest BCUT2D eigenvalue weighted by Gasteiger charge is -2.16. The number of hydrogen-bond acceptors (Lipinski definition) is 5. The van der Waals surface area contributed by atoms with Gasteiger partial charge in [0.2, 0.25) is 0 Å². The molecule has 7 nitrogen and oxygen atoms in total. The summed E-state index contributed by atoms with van der Waals surface area (Å²) in [6.07, 6.45) is -0.794. The van der Waals surface area contributed by atoms with Gasteiger partial charge < -0.3 is 30.0 Å². The number of nitrogens with one attached hydrogen (secondary N) is 2. The molecule has 1 aromatic rings. The quantitative estimate of drug-likeness (QED) is 0.228. The first-order chi connectivity index (χ1) is 11.2. The Balaban J connectivity index is 0.00000529. The minimum absolute atomic E-state index is 0. The summed E-state index contributed by atoms with van der Waals surface area (Å²) in [4.78, 5) is 4.38. The molecule has 1 aromatic carbocycles. The SMILES string of the molecule is CCNC(=NCC(O)c1cc(OC)ccc1OC)NCCOC.I. The highest BCUT2D eigenvalue weighted by molar-refractivity contribution is 14.0. The fourth-order valence-electron chi connectivity index (χ4n) is 1.99. The number of guanidine groups is 1. The fraction of sp³-hybridized carbons (Fsp3) is 0.562. The van der Waals surface area contributed by atoms with Crippen molar-refractivity contribution in [2.75, 3.05) is 47.6 Å². The summed E-state index contributed by atoms with van der Waals surface area (Å²) in [5, 5.41) is 16.7. The highest BCUT2D eigenvalue weighted by Crippen LogP contribution is 2.29. The Morgan fingerprint density at radius 2 is 1.96 bits per heavy atom. The molecule has 0 radical (unpaired) electrons. The second kappa shape index (κ2) is 13.1. The van der Waals surface area contributed by atoms with Gasteiger partial charge in [0.15, 0.2) is 5.96 Å². The van der Waals surface area contributed by atoms with Gasteiger partial charge in [0, 0.05) is 25.8 Å². The molecule has 1 rings (SSSR count). The normalized spacial score (nSPS) is 12.1. The first kappa shape index (κ1) is 22.7. The summed E-state index contributed by atoms with van der Waals surface area (Å²) in [7, 11) is 4.79. The van der Waals surface area contributed by atoms with Gasteiger partial charge in [-0.15, -0.1) is 24.0 Å². The van der Waals surface area contributed by atoms with Gasteiger partial charge in [-0.3, -0.25) is 4.99 Å². The molecule has 0 fully saturated rings. The van der Waals surface area contributed by atoms with E-state index in [1.54, 1.807) is 39.5 Å². The highest BCUT2D eigenvalue weighted by atomic mass is 127. The molecule has 1 unspecified atom stereocenters. The van der Waals surface area contributed by atoms with Crippen molar-refractivity contribution >= 4 is 29.9 Å². The Kier molecular flexibility index (Phi) is 12.4. The summed E-state index contributed by atoms with van der Waals surface area (Å²) in [5.41, 5.74) is 0.642. The number of ether oxygens (including phenoxy) is 3. The van der Waals surface area contributed by atoms with Crippen molar-refractivity contribution in [3.8, 4) is 11.5 Å². The molecule has 0 aliphatic heterocycles. The van der Waals surface area contributed by atoms with Crippen LogP contribution in [0.4, 0.5) is 0 Å². The van der Waals surface area contributed by atoms with Gasteiger partial charge >= 0.3 is 0 Å². The third-order valence-corrected chi connectivity index (χ3v) is 3.16. The van der Waals surface area contributed by atoms with Crippen molar-refractivity contribution in [1.82, 2.24) is 10.6 Å². The lowest BCUT2D eigenvalue weighted by atomic mass is 10.1. The number of rotatable bonds is 9. The lowest BCUT2D eigenvalue weighted by molar-refractivity contribution is 0.181. The maximum absolute atomic E-state index is 10.4. The van der Waals surface area contributed by atoms with Crippen LogP contribution in [0.2, 0.25) is 0 Å². The summed E-state index contributed by atoms with van der Waals surface area (Å²) < 4.78 is 15.5. The van der Waals surface area contributed by atoms with Crippen molar-refractivity contribution in [2.45, 2.75) is 13.0 Å². The molecule has 138 valence electrons. The first-order valence-electron chi connectivity index (χ1n) is 7.57. The molecule has 0 spiro atoms. The summed E-state index contributed by atoms with van der Waals surface area (Å²) in [6, 6.07) is 5.31. The van der Waals surface area contributed by atoms with Crippen molar-refractivity contribution in [2.24, 2.45) is 4.99 Å². The topological polar surface area (TPSA) is 84.3 Å². The zero-order chi connectivity index (χ0) is 17.1. The molecular weight excluding hydrogens is 425 g/mol. The van der Waals surface area contributed by atoms with Gasteiger partial charge in [0.25, 0.3) is 0 Å². The van der Waals surface area contributed by atoms with Crippen molar-refractivity contribution in [3.63, 3.8) is 0 Å². The summed E-state index contributed by atoms with van der Waals surface area (Å²) in [5.74, 6) is 1.89. The third kappa shape index (κ3) is 7.54. The largest absolute Gasteiger partial charge is 0.497 e. The first-order valence-corrected chi connectivity index (χ1v) is 7.57. The van der Waals surface area contributed by atoms with Gasteiger partial charge in [0.1, 0.15) is 17.6 Å². The van der Waals surface area contributed by atoms with E-state index < -0.39 is 6.10 Å². The molecular formula is C16H28IN3O4. The van der Waals surface area contributed by atoms with Crippen LogP contribution in [0.5, 0.6) is 11.5 Å². The lowest BCUT2D eigenvalue weighted by Crippen LogP contribution is -2.39. The van der Waals surface area contributed by atoms with E-state index in [4.69, 9.17) is 14.2 Å². The second-order valence-corrected chi connectivity index (χ2v) is 4.76. The van der Waals surface area contributed by atoms with E-state index in [0.29, 0.717) is 36.2 Å². The third-order valence-electron chi connectivity index (χ3n) is 3.16. The maximum Gasteiger partial charge on any atom is 0.191 e. The average Bonchev–Trinajstić information content (AvgIpc) is 2.58. The average molecular weight is 453 g/mol. The minimum atomic E-state index is -0.794. The number of halogens is 1. The Morgan fingerprint density at radius 3 is 2.54 bits per heavy atom. The predicted octanol–water partition coefficient (Wildman–Crippen LogP) is 1.56. The van der Waals surface area contributed by atoms with Crippen LogP contribution in [-0.4, -0.2) is 58.6 Å². The van der Waals surface area contributed by atoms with E-state index in [1.807, 2.05) is 6.92 Å². The molecule has 8 heteroatoms. The number of aliphatic hydroxyl groups excluding tert-OH is 1. The standard InChI is InChI=1S/C16H27N3O4.HI/c1-5-17-16(18-8-9-21-2)19-11-14(20)13-10-12(22-3)6-7-15(13)23-4;/h6-7,10,14,20H,5,8-9,11H2,1-4H3,(H2,17,18,19);1H. The molecule has 0 bridgehead atoms. The molecule has 1 atom stereocenters. The van der Waals surface area contributed by atoms with Gasteiger partial charge in [-0.1, -0.05) is 0 Å². The maximum atomic E-state index is 10.4. The summed E-state index contributed by atoms with van der Waals surface area (Å²) >= 11 is 0. The Bertz CT molecular complexity index is 500. The smallest absolute Gasteiger partial charge is 0.191 e. The van der Waals surface area contributed by atoms with Gasteiger partial charge in [-0.25, -0.2) is 0 Å². The molecule has 0 amide bonds. The molecule has 0 heterocycles. The zero-order valence-electron chi connectivity index (χ0n) is 14.7. The predicted molar refractivity (Wildman–Crippen MR) is 106 cm³/mol. The number of aliphatic imine (C=N–C) groups is 1. The van der Waals surface area contributed by atoms with Crippen LogP contribution in [0.15, 0.2) is 23.2 Å². The van der Waals surface area contributed by atoms with E-state index in [-0.39, 0.29) is 30.5 Å². The van der Waals surface area contributed by atoms with E-state index >= 15 is 0 Å². The second-order valence-electron chi connectivity index (χ2n) is 4.76. The molecule has 0 saturated heterocycles. The number of nitrogens with zero attached hydrogens (tertiary/aromatic N) is 1.